The Morgan fingerprint density at radius 3 is 2.03 bits per heavy atom. The molecule has 0 fully saturated rings. The molecule has 4 rings (SSSR count). The average molecular weight is 577 g/mol. The topological polar surface area (TPSA) is 79.5 Å². The maximum Gasteiger partial charge on any atom is 0.337 e. The second-order valence-electron chi connectivity index (χ2n) is 8.81. The van der Waals surface area contributed by atoms with Crippen molar-refractivity contribution in [2.24, 2.45) is 13.0 Å². The smallest absolute Gasteiger partial charge is 0.337 e. The van der Waals surface area contributed by atoms with E-state index in [4.69, 9.17) is 5.11 Å². The summed E-state index contributed by atoms with van der Waals surface area (Å²) in [5, 5.41) is 19.4. The fourth-order valence-electron chi connectivity index (χ4n) is 4.34. The van der Waals surface area contributed by atoms with Crippen LogP contribution in [0.1, 0.15) is 71.0 Å². The number of aromatic carboxylic acids is 2. The molecule has 0 radical (unpaired) electrons. The summed E-state index contributed by atoms with van der Waals surface area (Å²) in [5.74, 6) is -0.949. The Balaban J connectivity index is 0.000000186. The molecule has 5 nitrogen and oxygen atoms in total. The SMILES string of the molecule is CC(C)C1=CCc2c(C(=O)O)cc(Br)cc21.CC(C)c1cn(C)c2c(C(=O)O)cc(Br)cc12. The summed E-state index contributed by atoms with van der Waals surface area (Å²) < 4.78 is 3.52. The molecule has 1 heterocycles. The van der Waals surface area contributed by atoms with Crippen LogP contribution in [-0.4, -0.2) is 26.7 Å². The fourth-order valence-corrected chi connectivity index (χ4v) is 5.25. The van der Waals surface area contributed by atoms with Crippen molar-refractivity contribution in [1.29, 1.82) is 0 Å². The Morgan fingerprint density at radius 2 is 1.48 bits per heavy atom. The zero-order chi connectivity index (χ0) is 24.6. The average Bonchev–Trinajstić information content (AvgIpc) is 3.28. The van der Waals surface area contributed by atoms with Crippen molar-refractivity contribution in [2.75, 3.05) is 0 Å². The highest BCUT2D eigenvalue weighted by Gasteiger charge is 2.23. The minimum atomic E-state index is -0.896. The molecule has 174 valence electrons. The Hall–Kier alpha value is -2.38. The van der Waals surface area contributed by atoms with E-state index in [-0.39, 0.29) is 0 Å². The number of carbonyl (C=O) groups is 2. The second kappa shape index (κ2) is 9.85. The molecular weight excluding hydrogens is 550 g/mol. The van der Waals surface area contributed by atoms with Gasteiger partial charge < -0.3 is 14.8 Å². The molecule has 0 unspecified atom stereocenters. The van der Waals surface area contributed by atoms with E-state index >= 15 is 0 Å². The van der Waals surface area contributed by atoms with Crippen molar-refractivity contribution in [3.63, 3.8) is 0 Å². The Labute approximate surface area is 210 Å². The van der Waals surface area contributed by atoms with Gasteiger partial charge in [0, 0.05) is 27.6 Å². The van der Waals surface area contributed by atoms with Gasteiger partial charge in [0.2, 0.25) is 0 Å². The molecule has 2 aromatic carbocycles. The fraction of sp³-hybridized carbons (Fsp3) is 0.308. The first-order valence-corrected chi connectivity index (χ1v) is 12.3. The van der Waals surface area contributed by atoms with Crippen LogP contribution in [0.3, 0.4) is 0 Å². The quantitative estimate of drug-likeness (QED) is 0.337. The van der Waals surface area contributed by atoms with E-state index < -0.39 is 11.9 Å². The van der Waals surface area contributed by atoms with Crippen LogP contribution in [0, 0.1) is 5.92 Å². The van der Waals surface area contributed by atoms with Crippen LogP contribution < -0.4 is 0 Å². The van der Waals surface area contributed by atoms with Crippen LogP contribution in [0.15, 0.2) is 45.5 Å². The molecular formula is C26H27Br2NO4. The third-order valence-corrected chi connectivity index (χ3v) is 6.74. The molecule has 0 spiro atoms. The van der Waals surface area contributed by atoms with Crippen LogP contribution in [0.25, 0.3) is 16.5 Å². The minimum Gasteiger partial charge on any atom is -0.478 e. The van der Waals surface area contributed by atoms with E-state index in [9.17, 15) is 14.7 Å². The molecule has 7 heteroatoms. The lowest BCUT2D eigenvalue weighted by Gasteiger charge is -2.11. The maximum absolute atomic E-state index is 11.3. The van der Waals surface area contributed by atoms with E-state index in [0.717, 1.165) is 37.4 Å². The molecule has 3 aromatic rings. The first-order chi connectivity index (χ1) is 15.4. The number of halogens is 2. The number of aryl methyl sites for hydroxylation is 1. The van der Waals surface area contributed by atoms with Crippen molar-refractivity contribution >= 4 is 60.3 Å². The van der Waals surface area contributed by atoms with Gasteiger partial charge in [-0.1, -0.05) is 65.6 Å². The summed E-state index contributed by atoms with van der Waals surface area (Å²) >= 11 is 6.74. The lowest BCUT2D eigenvalue weighted by Crippen LogP contribution is -2.03. The van der Waals surface area contributed by atoms with E-state index in [1.165, 1.54) is 11.1 Å². The standard InChI is InChI=1S/C13H14BrNO2.C13H13BrO2/c1-7(2)11-6-15(3)12-9(11)4-8(14)5-10(12)13(16)17;1-7(2)9-3-4-10-11(9)5-8(14)6-12(10)13(15)16/h4-7H,1-3H3,(H,16,17);3,5-7H,4H2,1-2H3,(H,15,16). The molecule has 0 bridgehead atoms. The summed E-state index contributed by atoms with van der Waals surface area (Å²) in [4.78, 5) is 22.4. The Morgan fingerprint density at radius 1 is 0.909 bits per heavy atom. The van der Waals surface area contributed by atoms with Crippen molar-refractivity contribution in [2.45, 2.75) is 40.0 Å². The van der Waals surface area contributed by atoms with Crippen LogP contribution in [0.2, 0.25) is 0 Å². The molecule has 0 aliphatic heterocycles. The number of nitrogens with zero attached hydrogens (tertiary/aromatic N) is 1. The zero-order valence-electron chi connectivity index (χ0n) is 19.2. The number of fused-ring (bicyclic) bond motifs is 2. The summed E-state index contributed by atoms with van der Waals surface area (Å²) in [6.45, 7) is 8.47. The third kappa shape index (κ3) is 5.09. The van der Waals surface area contributed by atoms with Gasteiger partial charge in [-0.2, -0.15) is 0 Å². The summed E-state index contributed by atoms with van der Waals surface area (Å²) in [7, 11) is 1.88. The highest BCUT2D eigenvalue weighted by Crippen LogP contribution is 2.37. The monoisotopic (exact) mass is 575 g/mol. The number of benzene rings is 2. The number of rotatable bonds is 4. The molecule has 0 saturated heterocycles. The van der Waals surface area contributed by atoms with Crippen LogP contribution in [0.4, 0.5) is 0 Å². The predicted molar refractivity (Wildman–Crippen MR) is 139 cm³/mol. The van der Waals surface area contributed by atoms with E-state index in [0.29, 0.717) is 23.0 Å². The van der Waals surface area contributed by atoms with Crippen LogP contribution >= 0.6 is 31.9 Å². The van der Waals surface area contributed by atoms with Gasteiger partial charge in [0.1, 0.15) is 0 Å². The van der Waals surface area contributed by atoms with Crippen molar-refractivity contribution in [3.05, 3.63) is 73.3 Å². The summed E-state index contributed by atoms with van der Waals surface area (Å²) in [5.41, 5.74) is 5.98. The van der Waals surface area contributed by atoms with Crippen molar-refractivity contribution < 1.29 is 19.8 Å². The van der Waals surface area contributed by atoms with Crippen LogP contribution in [-0.2, 0) is 13.5 Å². The van der Waals surface area contributed by atoms with Crippen molar-refractivity contribution in [1.82, 2.24) is 4.57 Å². The lowest BCUT2D eigenvalue weighted by molar-refractivity contribution is 0.0686. The maximum atomic E-state index is 11.3. The molecule has 0 atom stereocenters. The number of hydrogen-bond donors (Lipinski definition) is 2. The highest BCUT2D eigenvalue weighted by atomic mass is 79.9. The molecule has 2 N–H and O–H groups in total. The van der Waals surface area contributed by atoms with Gasteiger partial charge in [0.05, 0.1) is 16.6 Å². The number of carboxylic acid groups (broad SMARTS) is 2. The van der Waals surface area contributed by atoms with Gasteiger partial charge in [0.25, 0.3) is 0 Å². The molecule has 1 aliphatic carbocycles. The number of carboxylic acids is 2. The molecule has 0 amide bonds. The van der Waals surface area contributed by atoms with Crippen LogP contribution in [0.5, 0.6) is 0 Å². The lowest BCUT2D eigenvalue weighted by atomic mass is 9.94. The Kier molecular flexibility index (Phi) is 7.54. The normalized spacial score (nSPS) is 12.6. The number of allylic oxidation sites excluding steroid dienone is 2. The molecule has 1 aliphatic rings. The van der Waals surface area contributed by atoms with Crippen molar-refractivity contribution in [3.8, 4) is 0 Å². The number of hydrogen-bond acceptors (Lipinski definition) is 2. The van der Waals surface area contributed by atoms with Gasteiger partial charge >= 0.3 is 11.9 Å². The first kappa shape index (κ1) is 25.2. The van der Waals surface area contributed by atoms with Gasteiger partial charge in [0.15, 0.2) is 0 Å². The molecule has 1 aromatic heterocycles. The predicted octanol–water partition coefficient (Wildman–Crippen LogP) is 7.51. The number of aromatic nitrogens is 1. The van der Waals surface area contributed by atoms with E-state index in [2.05, 4.69) is 65.6 Å². The third-order valence-electron chi connectivity index (χ3n) is 5.83. The second-order valence-corrected chi connectivity index (χ2v) is 10.6. The molecule has 0 saturated carbocycles. The minimum absolute atomic E-state index is 0.337. The van der Waals surface area contributed by atoms with E-state index in [1.54, 1.807) is 12.1 Å². The largest absolute Gasteiger partial charge is 0.478 e. The van der Waals surface area contributed by atoms with Gasteiger partial charge in [-0.3, -0.25) is 0 Å². The summed E-state index contributed by atoms with van der Waals surface area (Å²) in [6, 6.07) is 7.32. The Bertz CT molecular complexity index is 1290. The van der Waals surface area contributed by atoms with Gasteiger partial charge in [-0.15, -0.1) is 0 Å². The first-order valence-electron chi connectivity index (χ1n) is 10.7. The van der Waals surface area contributed by atoms with Gasteiger partial charge in [-0.05, 0) is 64.8 Å². The molecule has 33 heavy (non-hydrogen) atoms. The highest BCUT2D eigenvalue weighted by molar-refractivity contribution is 9.10. The van der Waals surface area contributed by atoms with Gasteiger partial charge in [-0.25, -0.2) is 9.59 Å². The zero-order valence-corrected chi connectivity index (χ0v) is 22.4. The van der Waals surface area contributed by atoms with E-state index in [1.807, 2.05) is 29.9 Å². The summed E-state index contributed by atoms with van der Waals surface area (Å²) in [6.07, 6.45) is 4.88.